The number of halogens is 2. The third-order valence-corrected chi connectivity index (χ3v) is 7.41. The molecule has 38 heavy (non-hydrogen) atoms. The fourth-order valence-electron chi connectivity index (χ4n) is 4.61. The topological polar surface area (TPSA) is 70.4 Å². The highest BCUT2D eigenvalue weighted by molar-refractivity contribution is 9.10. The van der Waals surface area contributed by atoms with Crippen LogP contribution in [0.2, 0.25) is 0 Å². The van der Waals surface area contributed by atoms with E-state index in [4.69, 9.17) is 16.6 Å². The van der Waals surface area contributed by atoms with E-state index < -0.39 is 0 Å². The number of anilines is 1. The van der Waals surface area contributed by atoms with E-state index in [2.05, 4.69) is 31.5 Å². The van der Waals surface area contributed by atoms with Crippen LogP contribution in [0.3, 0.4) is 0 Å². The minimum Gasteiger partial charge on any atom is -0.459 e. The fourth-order valence-corrected chi connectivity index (χ4v) is 5.27. The van der Waals surface area contributed by atoms with Crippen molar-refractivity contribution in [3.05, 3.63) is 106 Å². The first-order chi connectivity index (χ1) is 18.3. The summed E-state index contributed by atoms with van der Waals surface area (Å²) >= 11 is 8.99. The minimum atomic E-state index is -0.387. The number of furan rings is 1. The molecule has 0 radical (unpaired) electrons. The van der Waals surface area contributed by atoms with E-state index in [9.17, 15) is 9.18 Å². The largest absolute Gasteiger partial charge is 0.459 e. The van der Waals surface area contributed by atoms with Gasteiger partial charge in [-0.1, -0.05) is 34.1 Å². The normalized spacial score (nSPS) is 16.9. The summed E-state index contributed by atoms with van der Waals surface area (Å²) in [5.74, 6) is 0.510. The molecule has 2 aromatic carbocycles. The van der Waals surface area contributed by atoms with Crippen molar-refractivity contribution in [2.75, 3.05) is 11.9 Å². The Bertz CT molecular complexity index is 1490. The maximum atomic E-state index is 14.7. The second-order valence-corrected chi connectivity index (χ2v) is 10.6. The van der Waals surface area contributed by atoms with Crippen LogP contribution < -0.4 is 10.6 Å². The number of nitrogens with zero attached hydrogens (tertiary/aromatic N) is 2. The van der Waals surface area contributed by atoms with Crippen molar-refractivity contribution < 1.29 is 13.6 Å². The summed E-state index contributed by atoms with van der Waals surface area (Å²) in [6.07, 6.45) is 1.94. The Hall–Kier alpha value is -3.56. The van der Waals surface area contributed by atoms with Gasteiger partial charge in [0.05, 0.1) is 17.3 Å². The molecular weight excluding hydrogens is 567 g/mol. The molecule has 5 rings (SSSR count). The number of amides is 1. The molecule has 2 aromatic heterocycles. The van der Waals surface area contributed by atoms with Crippen LogP contribution in [0, 0.1) is 19.7 Å². The van der Waals surface area contributed by atoms with Crippen LogP contribution >= 0.6 is 28.1 Å². The molecule has 6 nitrogen and oxygen atoms in total. The van der Waals surface area contributed by atoms with Gasteiger partial charge in [-0.25, -0.2) is 4.39 Å². The van der Waals surface area contributed by atoms with Crippen molar-refractivity contribution in [3.63, 3.8) is 0 Å². The Morgan fingerprint density at radius 1 is 1.16 bits per heavy atom. The molecule has 1 amide bonds. The van der Waals surface area contributed by atoms with E-state index >= 15 is 0 Å². The van der Waals surface area contributed by atoms with Crippen molar-refractivity contribution >= 4 is 44.9 Å². The van der Waals surface area contributed by atoms with Gasteiger partial charge in [-0.2, -0.15) is 0 Å². The number of hydrogen-bond acceptors (Lipinski definition) is 4. The summed E-state index contributed by atoms with van der Waals surface area (Å²) in [6.45, 7) is 4.31. The molecule has 1 aliphatic heterocycles. The SMILES string of the molecule is Cc1ccc(C)c(NC(=O)CCN2C(=S)N[C@H](c3ccccn3)[C@@H]2c2ccc(-c3ccc(Br)cc3F)o2)c1. The summed E-state index contributed by atoms with van der Waals surface area (Å²) < 4.78 is 21.5. The van der Waals surface area contributed by atoms with Gasteiger partial charge in [0, 0.05) is 29.3 Å². The van der Waals surface area contributed by atoms with Crippen molar-refractivity contribution in [1.29, 1.82) is 0 Å². The number of pyridine rings is 1. The highest BCUT2D eigenvalue weighted by Crippen LogP contribution is 2.41. The quantitative estimate of drug-likeness (QED) is 0.228. The van der Waals surface area contributed by atoms with E-state index in [1.54, 1.807) is 24.4 Å². The zero-order valence-corrected chi connectivity index (χ0v) is 23.3. The smallest absolute Gasteiger partial charge is 0.226 e. The van der Waals surface area contributed by atoms with Crippen LogP contribution in [0.5, 0.6) is 0 Å². The van der Waals surface area contributed by atoms with E-state index in [1.807, 2.05) is 61.2 Å². The molecule has 0 spiro atoms. The van der Waals surface area contributed by atoms with Gasteiger partial charge in [-0.05, 0) is 85.7 Å². The van der Waals surface area contributed by atoms with E-state index in [1.165, 1.54) is 6.07 Å². The molecule has 2 N–H and O–H groups in total. The number of thiocarbonyl (C=S) groups is 1. The number of hydrogen-bond donors (Lipinski definition) is 2. The molecule has 9 heteroatoms. The van der Waals surface area contributed by atoms with Crippen LogP contribution in [0.4, 0.5) is 10.1 Å². The van der Waals surface area contributed by atoms with Gasteiger partial charge in [-0.15, -0.1) is 0 Å². The number of aryl methyl sites for hydroxylation is 2. The van der Waals surface area contributed by atoms with Gasteiger partial charge in [0.2, 0.25) is 5.91 Å². The molecular formula is C29H26BrFN4O2S. The fraction of sp³-hybridized carbons (Fsp3) is 0.207. The molecule has 4 aromatic rings. The first-order valence-electron chi connectivity index (χ1n) is 12.2. The second-order valence-electron chi connectivity index (χ2n) is 9.26. The highest BCUT2D eigenvalue weighted by atomic mass is 79.9. The Labute approximate surface area is 234 Å². The highest BCUT2D eigenvalue weighted by Gasteiger charge is 2.41. The monoisotopic (exact) mass is 592 g/mol. The first-order valence-corrected chi connectivity index (χ1v) is 13.4. The lowest BCUT2D eigenvalue weighted by Gasteiger charge is -2.26. The van der Waals surface area contributed by atoms with Crippen LogP contribution in [0.15, 0.2) is 81.8 Å². The molecule has 0 aliphatic carbocycles. The Balaban J connectivity index is 1.41. The summed E-state index contributed by atoms with van der Waals surface area (Å²) in [5.41, 5.74) is 4.02. The van der Waals surface area contributed by atoms with Gasteiger partial charge in [-0.3, -0.25) is 9.78 Å². The predicted octanol–water partition coefficient (Wildman–Crippen LogP) is 6.86. The van der Waals surface area contributed by atoms with Crippen molar-refractivity contribution in [2.24, 2.45) is 0 Å². The number of benzene rings is 2. The van der Waals surface area contributed by atoms with Gasteiger partial charge >= 0.3 is 0 Å². The average molecular weight is 594 g/mol. The summed E-state index contributed by atoms with van der Waals surface area (Å²) in [6, 6.07) is 19.4. The van der Waals surface area contributed by atoms with E-state index in [0.717, 1.165) is 22.5 Å². The Kier molecular flexibility index (Phi) is 7.58. The third-order valence-electron chi connectivity index (χ3n) is 6.56. The molecule has 0 saturated carbocycles. The molecule has 194 valence electrons. The maximum absolute atomic E-state index is 14.7. The molecule has 0 bridgehead atoms. The Morgan fingerprint density at radius 3 is 2.76 bits per heavy atom. The van der Waals surface area contributed by atoms with Gasteiger partial charge in [0.25, 0.3) is 0 Å². The molecule has 1 aliphatic rings. The molecule has 3 heterocycles. The standard InChI is InChI=1S/C29H26BrFN4O2S/c1-17-6-7-18(2)23(15-17)33-26(36)12-14-35-28(27(34-29(35)38)22-5-3-4-13-32-22)25-11-10-24(37-25)20-9-8-19(30)16-21(20)31/h3-11,13,15-16,27-28H,12,14H2,1-2H3,(H,33,36)(H,34,38)/t27-,28+/m1/s1. The number of aromatic nitrogens is 1. The van der Waals surface area contributed by atoms with Crippen LogP contribution in [0.1, 0.15) is 41.1 Å². The molecule has 2 atom stereocenters. The van der Waals surface area contributed by atoms with Crippen LogP contribution in [-0.4, -0.2) is 27.4 Å². The number of carbonyl (C=O) groups excluding carboxylic acids is 1. The summed E-state index contributed by atoms with van der Waals surface area (Å²) in [5, 5.41) is 6.86. The minimum absolute atomic E-state index is 0.112. The van der Waals surface area contributed by atoms with Gasteiger partial charge in [0.1, 0.15) is 23.4 Å². The van der Waals surface area contributed by atoms with Crippen molar-refractivity contribution in [2.45, 2.75) is 32.4 Å². The Morgan fingerprint density at radius 2 is 2.00 bits per heavy atom. The van der Waals surface area contributed by atoms with Gasteiger partial charge in [0.15, 0.2) is 5.11 Å². The van der Waals surface area contributed by atoms with Gasteiger partial charge < -0.3 is 20.0 Å². The lowest BCUT2D eigenvalue weighted by molar-refractivity contribution is -0.116. The maximum Gasteiger partial charge on any atom is 0.226 e. The zero-order chi connectivity index (χ0) is 26.8. The van der Waals surface area contributed by atoms with E-state index in [-0.39, 0.29) is 30.2 Å². The second kappa shape index (κ2) is 11.0. The number of carbonyl (C=O) groups is 1. The van der Waals surface area contributed by atoms with Crippen LogP contribution in [-0.2, 0) is 4.79 Å². The lowest BCUT2D eigenvalue weighted by Crippen LogP contribution is -2.32. The van der Waals surface area contributed by atoms with E-state index in [0.29, 0.717) is 33.2 Å². The third kappa shape index (κ3) is 5.49. The lowest BCUT2D eigenvalue weighted by atomic mass is 10.0. The average Bonchev–Trinajstić information content (AvgIpc) is 3.50. The zero-order valence-electron chi connectivity index (χ0n) is 20.9. The van der Waals surface area contributed by atoms with Crippen molar-refractivity contribution in [3.8, 4) is 11.3 Å². The predicted molar refractivity (Wildman–Crippen MR) is 153 cm³/mol. The molecule has 1 saturated heterocycles. The number of rotatable bonds is 7. The first kappa shape index (κ1) is 26.1. The summed E-state index contributed by atoms with van der Waals surface area (Å²) in [4.78, 5) is 19.4. The molecule has 1 fully saturated rings. The van der Waals surface area contributed by atoms with Crippen molar-refractivity contribution in [1.82, 2.24) is 15.2 Å². The number of nitrogens with one attached hydrogen (secondary N) is 2. The van der Waals surface area contributed by atoms with Crippen LogP contribution in [0.25, 0.3) is 11.3 Å². The molecule has 0 unspecified atom stereocenters. The summed E-state index contributed by atoms with van der Waals surface area (Å²) in [7, 11) is 0.